The molecule has 0 N–H and O–H groups in total. The molecule has 1 aromatic rings. The number of hydrogen-bond acceptors (Lipinski definition) is 2. The van der Waals surface area contributed by atoms with Crippen LogP contribution in [-0.4, -0.2) is 47.8 Å². The standard InChI is InChI=1S/C14H17ClN2O2/c1-11(18)16-6-8-17(9-7-16)14(19)13-4-2-12(10-15)3-5-13/h2-5H,6-10H2,1H3. The van der Waals surface area contributed by atoms with E-state index in [1.807, 2.05) is 12.1 Å². The highest BCUT2D eigenvalue weighted by atomic mass is 35.5. The third kappa shape index (κ3) is 3.26. The summed E-state index contributed by atoms with van der Waals surface area (Å²) in [7, 11) is 0. The molecule has 4 nitrogen and oxygen atoms in total. The number of rotatable bonds is 2. The Morgan fingerprint density at radius 1 is 1.05 bits per heavy atom. The molecule has 0 aromatic heterocycles. The van der Waals surface area contributed by atoms with Crippen molar-refractivity contribution in [2.75, 3.05) is 26.2 Å². The van der Waals surface area contributed by atoms with Gasteiger partial charge in [-0.15, -0.1) is 11.6 Å². The van der Waals surface area contributed by atoms with Gasteiger partial charge in [0.2, 0.25) is 5.91 Å². The third-order valence-corrected chi connectivity index (χ3v) is 3.68. The SMILES string of the molecule is CC(=O)N1CCN(C(=O)c2ccc(CCl)cc2)CC1. The zero-order valence-electron chi connectivity index (χ0n) is 10.9. The summed E-state index contributed by atoms with van der Waals surface area (Å²) in [4.78, 5) is 27.0. The predicted molar refractivity (Wildman–Crippen MR) is 74.2 cm³/mol. The second kappa shape index (κ2) is 6.06. The Morgan fingerprint density at radius 3 is 2.05 bits per heavy atom. The second-order valence-corrected chi connectivity index (χ2v) is 4.90. The van der Waals surface area contributed by atoms with Gasteiger partial charge in [-0.3, -0.25) is 9.59 Å². The van der Waals surface area contributed by atoms with Crippen molar-refractivity contribution >= 4 is 23.4 Å². The van der Waals surface area contributed by atoms with Crippen LogP contribution in [0.3, 0.4) is 0 Å². The molecule has 19 heavy (non-hydrogen) atoms. The molecule has 2 rings (SSSR count). The van der Waals surface area contributed by atoms with Crippen LogP contribution in [0.1, 0.15) is 22.8 Å². The van der Waals surface area contributed by atoms with Crippen molar-refractivity contribution < 1.29 is 9.59 Å². The third-order valence-electron chi connectivity index (χ3n) is 3.37. The van der Waals surface area contributed by atoms with Gasteiger partial charge in [-0.25, -0.2) is 0 Å². The lowest BCUT2D eigenvalue weighted by Gasteiger charge is -2.34. The van der Waals surface area contributed by atoms with E-state index >= 15 is 0 Å². The van der Waals surface area contributed by atoms with Crippen LogP contribution in [0.4, 0.5) is 0 Å². The Hall–Kier alpha value is -1.55. The van der Waals surface area contributed by atoms with Crippen molar-refractivity contribution in [3.05, 3.63) is 35.4 Å². The Morgan fingerprint density at radius 2 is 1.58 bits per heavy atom. The molecule has 1 aromatic carbocycles. The monoisotopic (exact) mass is 280 g/mol. The minimum absolute atomic E-state index is 0.0179. The first-order chi connectivity index (χ1) is 9.11. The van der Waals surface area contributed by atoms with Crippen molar-refractivity contribution in [2.45, 2.75) is 12.8 Å². The molecule has 5 heteroatoms. The molecule has 0 saturated carbocycles. The van der Waals surface area contributed by atoms with Crippen LogP contribution in [0.5, 0.6) is 0 Å². The quantitative estimate of drug-likeness (QED) is 0.774. The molecule has 2 amide bonds. The van der Waals surface area contributed by atoms with Gasteiger partial charge >= 0.3 is 0 Å². The zero-order chi connectivity index (χ0) is 13.8. The first kappa shape index (κ1) is 13.9. The van der Waals surface area contributed by atoms with Gasteiger partial charge in [0.15, 0.2) is 0 Å². The normalized spacial score (nSPS) is 15.5. The first-order valence-corrected chi connectivity index (χ1v) is 6.85. The summed E-state index contributed by atoms with van der Waals surface area (Å²) in [6.45, 7) is 3.97. The molecule has 1 aliphatic rings. The smallest absolute Gasteiger partial charge is 0.253 e. The van der Waals surface area contributed by atoms with Gasteiger partial charge in [0.25, 0.3) is 5.91 Å². The summed E-state index contributed by atoms with van der Waals surface area (Å²) < 4.78 is 0. The van der Waals surface area contributed by atoms with Crippen LogP contribution in [0.15, 0.2) is 24.3 Å². The van der Waals surface area contributed by atoms with Crippen molar-refractivity contribution in [1.82, 2.24) is 9.80 Å². The number of alkyl halides is 1. The Balaban J connectivity index is 1.98. The van der Waals surface area contributed by atoms with E-state index in [2.05, 4.69) is 0 Å². The van der Waals surface area contributed by atoms with E-state index in [1.165, 1.54) is 0 Å². The number of carbonyl (C=O) groups excluding carboxylic acids is 2. The summed E-state index contributed by atoms with van der Waals surface area (Å²) in [6.07, 6.45) is 0. The van der Waals surface area contributed by atoms with E-state index < -0.39 is 0 Å². The summed E-state index contributed by atoms with van der Waals surface area (Å²) >= 11 is 5.72. The van der Waals surface area contributed by atoms with Crippen LogP contribution in [-0.2, 0) is 10.7 Å². The van der Waals surface area contributed by atoms with Gasteiger partial charge in [0.05, 0.1) is 0 Å². The maximum atomic E-state index is 12.3. The van der Waals surface area contributed by atoms with E-state index in [0.717, 1.165) is 5.56 Å². The molecule has 102 valence electrons. The fourth-order valence-corrected chi connectivity index (χ4v) is 2.32. The molecule has 0 radical (unpaired) electrons. The van der Waals surface area contributed by atoms with Gasteiger partial charge in [0.1, 0.15) is 0 Å². The minimum atomic E-state index is 0.0179. The Bertz CT molecular complexity index is 465. The highest BCUT2D eigenvalue weighted by molar-refractivity contribution is 6.17. The Labute approximate surface area is 117 Å². The van der Waals surface area contributed by atoms with Crippen LogP contribution in [0, 0.1) is 0 Å². The topological polar surface area (TPSA) is 40.6 Å². The van der Waals surface area contributed by atoms with Gasteiger partial charge in [-0.05, 0) is 17.7 Å². The van der Waals surface area contributed by atoms with Crippen LogP contribution < -0.4 is 0 Å². The van der Waals surface area contributed by atoms with Crippen LogP contribution in [0.2, 0.25) is 0 Å². The Kier molecular flexibility index (Phi) is 4.43. The van der Waals surface area contributed by atoms with Gasteiger partial charge in [-0.2, -0.15) is 0 Å². The highest BCUT2D eigenvalue weighted by Crippen LogP contribution is 2.11. The maximum absolute atomic E-state index is 12.3. The fourth-order valence-electron chi connectivity index (χ4n) is 2.14. The molecule has 0 spiro atoms. The number of nitrogens with zero attached hydrogens (tertiary/aromatic N) is 2. The number of hydrogen-bond donors (Lipinski definition) is 0. The zero-order valence-corrected chi connectivity index (χ0v) is 11.7. The average Bonchev–Trinajstić information content (AvgIpc) is 2.46. The number of amides is 2. The van der Waals surface area contributed by atoms with Crippen molar-refractivity contribution in [1.29, 1.82) is 0 Å². The summed E-state index contributed by atoms with van der Waals surface area (Å²) in [5, 5.41) is 0. The van der Waals surface area contributed by atoms with Crippen LogP contribution in [0.25, 0.3) is 0 Å². The molecule has 1 saturated heterocycles. The molecular weight excluding hydrogens is 264 g/mol. The predicted octanol–water partition coefficient (Wildman–Crippen LogP) is 1.73. The van der Waals surface area contributed by atoms with Crippen molar-refractivity contribution in [3.63, 3.8) is 0 Å². The molecule has 1 fully saturated rings. The number of benzene rings is 1. The van der Waals surface area contributed by atoms with E-state index in [9.17, 15) is 9.59 Å². The molecule has 1 heterocycles. The number of halogens is 1. The van der Waals surface area contributed by atoms with Gasteiger partial charge < -0.3 is 9.80 Å². The van der Waals surface area contributed by atoms with E-state index in [0.29, 0.717) is 37.6 Å². The second-order valence-electron chi connectivity index (χ2n) is 4.63. The largest absolute Gasteiger partial charge is 0.339 e. The molecular formula is C14H17ClN2O2. The number of piperazine rings is 1. The molecule has 1 aliphatic heterocycles. The fraction of sp³-hybridized carbons (Fsp3) is 0.429. The number of carbonyl (C=O) groups is 2. The van der Waals surface area contributed by atoms with Crippen molar-refractivity contribution in [2.24, 2.45) is 0 Å². The van der Waals surface area contributed by atoms with E-state index in [4.69, 9.17) is 11.6 Å². The summed E-state index contributed by atoms with van der Waals surface area (Å²) in [6, 6.07) is 7.34. The lowest BCUT2D eigenvalue weighted by molar-refractivity contribution is -0.130. The lowest BCUT2D eigenvalue weighted by Crippen LogP contribution is -2.50. The van der Waals surface area contributed by atoms with Gasteiger partial charge in [-0.1, -0.05) is 12.1 Å². The van der Waals surface area contributed by atoms with Crippen LogP contribution >= 0.6 is 11.6 Å². The van der Waals surface area contributed by atoms with E-state index in [1.54, 1.807) is 28.9 Å². The lowest BCUT2D eigenvalue weighted by atomic mass is 10.1. The first-order valence-electron chi connectivity index (χ1n) is 6.31. The average molecular weight is 281 g/mol. The summed E-state index contributed by atoms with van der Waals surface area (Å²) in [5.41, 5.74) is 1.67. The maximum Gasteiger partial charge on any atom is 0.253 e. The van der Waals surface area contributed by atoms with Crippen molar-refractivity contribution in [3.8, 4) is 0 Å². The van der Waals surface area contributed by atoms with Gasteiger partial charge in [0, 0.05) is 44.5 Å². The molecule has 0 bridgehead atoms. The summed E-state index contributed by atoms with van der Waals surface area (Å²) in [5.74, 6) is 0.536. The molecule has 0 aliphatic carbocycles. The molecule has 0 unspecified atom stereocenters. The van der Waals surface area contributed by atoms with E-state index in [-0.39, 0.29) is 11.8 Å². The minimum Gasteiger partial charge on any atom is -0.339 e. The molecule has 0 atom stereocenters. The highest BCUT2D eigenvalue weighted by Gasteiger charge is 2.22.